The molecule has 1 aromatic carbocycles. The predicted octanol–water partition coefficient (Wildman–Crippen LogP) is 4.12. The van der Waals surface area contributed by atoms with E-state index in [1.807, 2.05) is 31.0 Å². The van der Waals surface area contributed by atoms with Crippen LogP contribution in [0.15, 0.2) is 36.4 Å². The van der Waals surface area contributed by atoms with E-state index in [4.69, 9.17) is 4.74 Å². The Bertz CT molecular complexity index is 698. The average Bonchev–Trinajstić information content (AvgIpc) is 3.00. The molecule has 1 aliphatic heterocycles. The Balaban J connectivity index is 1.62. The van der Waals surface area contributed by atoms with Gasteiger partial charge in [0.05, 0.1) is 12.5 Å². The fourth-order valence-electron chi connectivity index (χ4n) is 3.10. The molecule has 24 heavy (non-hydrogen) atoms. The minimum absolute atomic E-state index is 0.0800. The lowest BCUT2D eigenvalue weighted by Crippen LogP contribution is -2.42. The number of nitrogens with zero attached hydrogens (tertiary/aromatic N) is 1. The molecule has 2 unspecified atom stereocenters. The van der Waals surface area contributed by atoms with Crippen molar-refractivity contribution in [3.8, 4) is 0 Å². The normalized spacial score (nSPS) is 20.8. The van der Waals surface area contributed by atoms with Gasteiger partial charge in [0.25, 0.3) is 0 Å². The van der Waals surface area contributed by atoms with Gasteiger partial charge < -0.3 is 9.64 Å². The number of halogens is 1. The molecule has 0 radical (unpaired) electrons. The number of hydrogen-bond acceptors (Lipinski definition) is 3. The maximum atomic E-state index is 13.1. The molecule has 1 fully saturated rings. The molecule has 2 aromatic rings. The van der Waals surface area contributed by atoms with Crippen LogP contribution in [0.25, 0.3) is 0 Å². The van der Waals surface area contributed by atoms with Crippen molar-refractivity contribution >= 4 is 17.2 Å². The number of carbonyl (C=O) groups is 1. The average molecular weight is 347 g/mol. The number of aryl methyl sites for hydroxylation is 1. The number of rotatable bonds is 4. The summed E-state index contributed by atoms with van der Waals surface area (Å²) in [7, 11) is 1.88. The van der Waals surface area contributed by atoms with E-state index < -0.39 is 0 Å². The number of carbonyl (C=O) groups excluding carboxylic acids is 1. The molecule has 0 spiro atoms. The van der Waals surface area contributed by atoms with Gasteiger partial charge in [0, 0.05) is 29.5 Å². The fraction of sp³-hybridized carbons (Fsp3) is 0.421. The predicted molar refractivity (Wildman–Crippen MR) is 93.6 cm³/mol. The Kier molecular flexibility index (Phi) is 5.31. The van der Waals surface area contributed by atoms with E-state index in [1.54, 1.807) is 23.5 Å². The summed E-state index contributed by atoms with van der Waals surface area (Å²) in [6.45, 7) is 2.66. The van der Waals surface area contributed by atoms with Gasteiger partial charge >= 0.3 is 0 Å². The van der Waals surface area contributed by atoms with Crippen LogP contribution >= 0.6 is 11.3 Å². The maximum Gasteiger partial charge on any atom is 0.227 e. The zero-order chi connectivity index (χ0) is 17.1. The molecular formula is C19H22FNO2S. The molecule has 1 aromatic heterocycles. The third-order valence-corrected chi connectivity index (χ3v) is 5.56. The van der Waals surface area contributed by atoms with Crippen molar-refractivity contribution < 1.29 is 13.9 Å². The number of likely N-dealkylation sites (N-methyl/N-ethyl adjacent to an activating group) is 1. The molecule has 2 atom stereocenters. The molecule has 0 N–H and O–H groups in total. The van der Waals surface area contributed by atoms with Crippen LogP contribution in [-0.2, 0) is 16.0 Å². The molecule has 5 heteroatoms. The smallest absolute Gasteiger partial charge is 0.227 e. The Morgan fingerprint density at radius 3 is 2.71 bits per heavy atom. The highest BCUT2D eigenvalue weighted by molar-refractivity contribution is 7.12. The van der Waals surface area contributed by atoms with E-state index in [9.17, 15) is 9.18 Å². The summed E-state index contributed by atoms with van der Waals surface area (Å²) < 4.78 is 18.9. The molecule has 0 saturated carbocycles. The van der Waals surface area contributed by atoms with Crippen molar-refractivity contribution in [1.29, 1.82) is 0 Å². The highest BCUT2D eigenvalue weighted by Gasteiger charge is 2.29. The summed E-state index contributed by atoms with van der Waals surface area (Å²) in [5.41, 5.74) is 0.968. The van der Waals surface area contributed by atoms with Gasteiger partial charge in [-0.25, -0.2) is 4.39 Å². The van der Waals surface area contributed by atoms with E-state index >= 15 is 0 Å². The number of ether oxygens (including phenoxy) is 1. The summed E-state index contributed by atoms with van der Waals surface area (Å²) >= 11 is 1.67. The maximum absolute atomic E-state index is 13.1. The molecule has 0 bridgehead atoms. The summed E-state index contributed by atoms with van der Waals surface area (Å²) in [6.07, 6.45) is 1.96. The lowest BCUT2D eigenvalue weighted by Gasteiger charge is -2.35. The van der Waals surface area contributed by atoms with Crippen LogP contribution in [0.2, 0.25) is 0 Å². The fourth-order valence-corrected chi connectivity index (χ4v) is 3.98. The van der Waals surface area contributed by atoms with Crippen LogP contribution in [0.1, 0.15) is 34.3 Å². The van der Waals surface area contributed by atoms with Crippen molar-refractivity contribution in [2.75, 3.05) is 13.7 Å². The van der Waals surface area contributed by atoms with Gasteiger partial charge in [0.2, 0.25) is 5.91 Å². The highest BCUT2D eigenvalue weighted by atomic mass is 32.1. The number of thiophene rings is 1. The molecule has 0 aliphatic carbocycles. The Morgan fingerprint density at radius 2 is 2.04 bits per heavy atom. The van der Waals surface area contributed by atoms with E-state index in [1.165, 1.54) is 17.0 Å². The van der Waals surface area contributed by atoms with Crippen molar-refractivity contribution in [1.82, 2.24) is 4.90 Å². The van der Waals surface area contributed by atoms with Crippen molar-refractivity contribution in [3.63, 3.8) is 0 Å². The Labute approximate surface area is 146 Å². The van der Waals surface area contributed by atoms with Gasteiger partial charge in [-0.05, 0) is 49.6 Å². The largest absolute Gasteiger partial charge is 0.373 e. The van der Waals surface area contributed by atoms with E-state index in [2.05, 4.69) is 0 Å². The molecule has 1 saturated heterocycles. The molecular weight excluding hydrogens is 325 g/mol. The lowest BCUT2D eigenvalue weighted by molar-refractivity contribution is -0.134. The topological polar surface area (TPSA) is 29.5 Å². The molecule has 3 nitrogen and oxygen atoms in total. The molecule has 1 amide bonds. The Morgan fingerprint density at radius 1 is 1.29 bits per heavy atom. The zero-order valence-corrected chi connectivity index (χ0v) is 14.8. The number of hydrogen-bond donors (Lipinski definition) is 0. The second-order valence-electron chi connectivity index (χ2n) is 6.28. The summed E-state index contributed by atoms with van der Waals surface area (Å²) in [5.74, 6) is -0.105. The quantitative estimate of drug-likeness (QED) is 0.833. The van der Waals surface area contributed by atoms with Crippen LogP contribution in [-0.4, -0.2) is 30.5 Å². The third-order valence-electron chi connectivity index (χ3n) is 4.56. The standard InChI is InChI=1S/C19H22FNO2S/c1-13-3-8-17(24-13)12-19(22)21(2)16-9-10-23-18(11-16)14-4-6-15(20)7-5-14/h3-8,16,18H,9-12H2,1-2H3. The second kappa shape index (κ2) is 7.45. The van der Waals surface area contributed by atoms with Gasteiger partial charge in [-0.1, -0.05) is 12.1 Å². The molecule has 3 rings (SSSR count). The minimum Gasteiger partial charge on any atom is -0.373 e. The van der Waals surface area contributed by atoms with Gasteiger partial charge in [0.1, 0.15) is 5.82 Å². The second-order valence-corrected chi connectivity index (χ2v) is 7.66. The van der Waals surface area contributed by atoms with Crippen LogP contribution in [0.3, 0.4) is 0 Å². The van der Waals surface area contributed by atoms with Gasteiger partial charge in [-0.3, -0.25) is 4.79 Å². The number of benzene rings is 1. The highest BCUT2D eigenvalue weighted by Crippen LogP contribution is 2.30. The van der Waals surface area contributed by atoms with E-state index in [0.29, 0.717) is 13.0 Å². The summed E-state index contributed by atoms with van der Waals surface area (Å²) in [5, 5.41) is 0. The summed E-state index contributed by atoms with van der Waals surface area (Å²) in [4.78, 5) is 16.7. The minimum atomic E-state index is -0.246. The van der Waals surface area contributed by atoms with Crippen LogP contribution < -0.4 is 0 Å². The molecule has 2 heterocycles. The monoisotopic (exact) mass is 347 g/mol. The van der Waals surface area contributed by atoms with Crippen LogP contribution in [0, 0.1) is 12.7 Å². The van der Waals surface area contributed by atoms with Crippen molar-refractivity contribution in [2.45, 2.75) is 38.3 Å². The van der Waals surface area contributed by atoms with E-state index in [0.717, 1.165) is 23.3 Å². The lowest BCUT2D eigenvalue weighted by atomic mass is 9.96. The van der Waals surface area contributed by atoms with Crippen LogP contribution in [0.5, 0.6) is 0 Å². The zero-order valence-electron chi connectivity index (χ0n) is 14.0. The van der Waals surface area contributed by atoms with Gasteiger partial charge in [-0.2, -0.15) is 0 Å². The van der Waals surface area contributed by atoms with Gasteiger partial charge in [0.15, 0.2) is 0 Å². The van der Waals surface area contributed by atoms with Crippen LogP contribution in [0.4, 0.5) is 4.39 Å². The molecule has 128 valence electrons. The number of amides is 1. The Hall–Kier alpha value is -1.72. The first-order chi connectivity index (χ1) is 11.5. The van der Waals surface area contributed by atoms with Crippen molar-refractivity contribution in [3.05, 3.63) is 57.5 Å². The first-order valence-corrected chi connectivity index (χ1v) is 9.02. The van der Waals surface area contributed by atoms with E-state index in [-0.39, 0.29) is 23.9 Å². The SMILES string of the molecule is Cc1ccc(CC(=O)N(C)C2CCOC(c3ccc(F)cc3)C2)s1. The van der Waals surface area contributed by atoms with Gasteiger partial charge in [-0.15, -0.1) is 11.3 Å². The summed E-state index contributed by atoms with van der Waals surface area (Å²) in [6, 6.07) is 10.7. The van der Waals surface area contributed by atoms with Crippen molar-refractivity contribution in [2.24, 2.45) is 0 Å². The first kappa shape index (κ1) is 17.1. The third kappa shape index (κ3) is 4.02. The first-order valence-electron chi connectivity index (χ1n) is 8.21. The molecule has 1 aliphatic rings.